The van der Waals surface area contributed by atoms with Gasteiger partial charge in [-0.3, -0.25) is 0 Å². The van der Waals surface area contributed by atoms with Crippen LogP contribution in [0.2, 0.25) is 0 Å². The van der Waals surface area contributed by atoms with E-state index in [-0.39, 0.29) is 0 Å². The van der Waals surface area contributed by atoms with Gasteiger partial charge in [0.05, 0.1) is 0 Å². The van der Waals surface area contributed by atoms with E-state index in [2.05, 4.69) is 27.4 Å². The van der Waals surface area contributed by atoms with Crippen molar-refractivity contribution in [1.82, 2.24) is 0 Å². The Morgan fingerprint density at radius 3 is 2.36 bits per heavy atom. The second-order valence-corrected chi connectivity index (χ2v) is 5.83. The number of rotatable bonds is 3. The molecule has 1 atom stereocenters. The highest BCUT2D eigenvalue weighted by atomic mass is 14.7. The van der Waals surface area contributed by atoms with Crippen molar-refractivity contribution in [2.24, 2.45) is 17.1 Å². The van der Waals surface area contributed by atoms with Crippen LogP contribution in [-0.4, -0.2) is 6.04 Å². The first-order valence-corrected chi connectivity index (χ1v) is 5.81. The van der Waals surface area contributed by atoms with Crippen LogP contribution in [0.3, 0.4) is 0 Å². The lowest BCUT2D eigenvalue weighted by atomic mass is 9.70. The Labute approximate surface area is 88.8 Å². The van der Waals surface area contributed by atoms with Crippen LogP contribution in [0, 0.1) is 11.3 Å². The van der Waals surface area contributed by atoms with Gasteiger partial charge in [-0.15, -0.1) is 6.58 Å². The summed E-state index contributed by atoms with van der Waals surface area (Å²) in [5.74, 6) is 0.736. The molecule has 2 N–H and O–H groups in total. The van der Waals surface area contributed by atoms with Crippen molar-refractivity contribution in [1.29, 1.82) is 0 Å². The number of nitrogens with two attached hydrogens (primary N) is 1. The summed E-state index contributed by atoms with van der Waals surface area (Å²) >= 11 is 0. The molecule has 0 radical (unpaired) electrons. The fraction of sp³-hybridized carbons (Fsp3) is 0.846. The van der Waals surface area contributed by atoms with Crippen molar-refractivity contribution >= 4 is 0 Å². The van der Waals surface area contributed by atoms with Crippen LogP contribution in [0.4, 0.5) is 0 Å². The fourth-order valence-corrected chi connectivity index (χ4v) is 2.42. The summed E-state index contributed by atoms with van der Waals surface area (Å²) in [5.41, 5.74) is 7.96. The first-order valence-electron chi connectivity index (χ1n) is 5.81. The lowest BCUT2D eigenvalue weighted by molar-refractivity contribution is 0.173. The maximum atomic E-state index is 6.18. The van der Waals surface area contributed by atoms with Crippen LogP contribution in [0.25, 0.3) is 0 Å². The molecule has 1 heteroatoms. The zero-order valence-electron chi connectivity index (χ0n) is 9.97. The van der Waals surface area contributed by atoms with E-state index < -0.39 is 0 Å². The lowest BCUT2D eigenvalue weighted by Crippen LogP contribution is -2.35. The third-order valence-electron chi connectivity index (χ3n) is 3.57. The third-order valence-corrected chi connectivity index (χ3v) is 3.57. The third kappa shape index (κ3) is 3.45. The molecule has 0 aromatic carbocycles. The van der Waals surface area contributed by atoms with Crippen molar-refractivity contribution < 1.29 is 0 Å². The van der Waals surface area contributed by atoms with Gasteiger partial charge in [0.15, 0.2) is 0 Å². The van der Waals surface area contributed by atoms with Crippen LogP contribution in [0.5, 0.6) is 0 Å². The number of hydrogen-bond donors (Lipinski definition) is 1. The van der Waals surface area contributed by atoms with E-state index in [1.54, 1.807) is 0 Å². The van der Waals surface area contributed by atoms with Crippen LogP contribution >= 0.6 is 0 Å². The molecule has 1 aliphatic carbocycles. The standard InChI is InChI=1S/C13H25N/c1-10(2)9-12(14)11-5-7-13(3,4)8-6-11/h11-12H,1,5-9,14H2,2-4H3. The minimum atomic E-state index is 0.351. The molecule has 1 nitrogen and oxygen atoms in total. The maximum absolute atomic E-state index is 6.18. The molecule has 82 valence electrons. The molecule has 1 unspecified atom stereocenters. The molecule has 0 amide bonds. The van der Waals surface area contributed by atoms with Crippen LogP contribution < -0.4 is 5.73 Å². The average Bonchev–Trinajstić information content (AvgIpc) is 2.02. The molecule has 1 aliphatic rings. The summed E-state index contributed by atoms with van der Waals surface area (Å²) in [4.78, 5) is 0. The first kappa shape index (κ1) is 11.8. The zero-order valence-corrected chi connectivity index (χ0v) is 9.97. The van der Waals surface area contributed by atoms with Gasteiger partial charge >= 0.3 is 0 Å². The monoisotopic (exact) mass is 195 g/mol. The Morgan fingerprint density at radius 2 is 1.93 bits per heavy atom. The molecule has 1 fully saturated rings. The minimum Gasteiger partial charge on any atom is -0.327 e. The molecule has 0 aliphatic heterocycles. The first-order chi connectivity index (χ1) is 6.41. The second kappa shape index (κ2) is 4.48. The molecule has 0 aromatic rings. The summed E-state index contributed by atoms with van der Waals surface area (Å²) in [6.45, 7) is 10.8. The highest BCUT2D eigenvalue weighted by Crippen LogP contribution is 2.39. The summed E-state index contributed by atoms with van der Waals surface area (Å²) in [7, 11) is 0. The number of hydrogen-bond acceptors (Lipinski definition) is 1. The van der Waals surface area contributed by atoms with E-state index >= 15 is 0 Å². The predicted octanol–water partition coefficient (Wildman–Crippen LogP) is 3.50. The average molecular weight is 195 g/mol. The van der Waals surface area contributed by atoms with Gasteiger partial charge in [-0.1, -0.05) is 19.4 Å². The van der Waals surface area contributed by atoms with Crippen molar-refractivity contribution in [3.63, 3.8) is 0 Å². The molecule has 0 spiro atoms. The van der Waals surface area contributed by atoms with Crippen molar-refractivity contribution in [3.05, 3.63) is 12.2 Å². The molecule has 0 heterocycles. The van der Waals surface area contributed by atoms with Gasteiger partial charge < -0.3 is 5.73 Å². The Hall–Kier alpha value is -0.300. The van der Waals surface area contributed by atoms with Crippen molar-refractivity contribution in [3.8, 4) is 0 Å². The van der Waals surface area contributed by atoms with E-state index in [0.717, 1.165) is 12.3 Å². The Bertz CT molecular complexity index is 195. The molecule has 14 heavy (non-hydrogen) atoms. The molecule has 0 aromatic heterocycles. The summed E-state index contributed by atoms with van der Waals surface area (Å²) in [5, 5.41) is 0. The Balaban J connectivity index is 2.37. The van der Waals surface area contributed by atoms with E-state index in [0.29, 0.717) is 11.5 Å². The van der Waals surface area contributed by atoms with Gasteiger partial charge in [-0.05, 0) is 50.4 Å². The Kier molecular flexibility index (Phi) is 3.77. The van der Waals surface area contributed by atoms with E-state index in [9.17, 15) is 0 Å². The smallest absolute Gasteiger partial charge is 0.0104 e. The van der Waals surface area contributed by atoms with Crippen molar-refractivity contribution in [2.45, 2.75) is 58.9 Å². The Morgan fingerprint density at radius 1 is 1.43 bits per heavy atom. The molecule has 0 bridgehead atoms. The summed E-state index contributed by atoms with van der Waals surface area (Å²) in [6, 6.07) is 0.351. The lowest BCUT2D eigenvalue weighted by Gasteiger charge is -2.36. The fourth-order valence-electron chi connectivity index (χ4n) is 2.42. The largest absolute Gasteiger partial charge is 0.327 e. The van der Waals surface area contributed by atoms with Gasteiger partial charge in [0.1, 0.15) is 0 Å². The maximum Gasteiger partial charge on any atom is 0.0104 e. The molecule has 1 rings (SSSR count). The van der Waals surface area contributed by atoms with Crippen LogP contribution in [-0.2, 0) is 0 Å². The molecule has 1 saturated carbocycles. The van der Waals surface area contributed by atoms with Crippen LogP contribution in [0.1, 0.15) is 52.9 Å². The highest BCUT2D eigenvalue weighted by Gasteiger charge is 2.29. The minimum absolute atomic E-state index is 0.351. The molecular formula is C13H25N. The van der Waals surface area contributed by atoms with Gasteiger partial charge in [-0.2, -0.15) is 0 Å². The SMILES string of the molecule is C=C(C)CC(N)C1CCC(C)(C)CC1. The molecule has 0 saturated heterocycles. The van der Waals surface area contributed by atoms with E-state index in [4.69, 9.17) is 5.73 Å². The topological polar surface area (TPSA) is 26.0 Å². The van der Waals surface area contributed by atoms with Crippen molar-refractivity contribution in [2.75, 3.05) is 0 Å². The van der Waals surface area contributed by atoms with Gasteiger partial charge in [0, 0.05) is 6.04 Å². The van der Waals surface area contributed by atoms with E-state index in [1.165, 1.54) is 31.3 Å². The van der Waals surface area contributed by atoms with Crippen LogP contribution in [0.15, 0.2) is 12.2 Å². The summed E-state index contributed by atoms with van der Waals surface area (Å²) < 4.78 is 0. The summed E-state index contributed by atoms with van der Waals surface area (Å²) in [6.07, 6.45) is 6.29. The van der Waals surface area contributed by atoms with Gasteiger partial charge in [-0.25, -0.2) is 0 Å². The highest BCUT2D eigenvalue weighted by molar-refractivity contribution is 4.95. The zero-order chi connectivity index (χ0) is 10.8. The predicted molar refractivity (Wildman–Crippen MR) is 63.1 cm³/mol. The normalized spacial score (nSPS) is 24.6. The quantitative estimate of drug-likeness (QED) is 0.685. The van der Waals surface area contributed by atoms with E-state index in [1.807, 2.05) is 0 Å². The second-order valence-electron chi connectivity index (χ2n) is 5.83. The van der Waals surface area contributed by atoms with Gasteiger partial charge in [0.2, 0.25) is 0 Å². The molecular weight excluding hydrogens is 170 g/mol. The van der Waals surface area contributed by atoms with Gasteiger partial charge in [0.25, 0.3) is 0 Å².